The highest BCUT2D eigenvalue weighted by atomic mass is 16.3. The van der Waals surface area contributed by atoms with Crippen molar-refractivity contribution in [3.8, 4) is 0 Å². The Morgan fingerprint density at radius 3 is 2.60 bits per heavy atom. The molecular formula is C6H14N2O2. The van der Waals surface area contributed by atoms with Crippen molar-refractivity contribution in [3.05, 3.63) is 0 Å². The molecule has 1 aliphatic heterocycles. The molecule has 4 heteroatoms. The van der Waals surface area contributed by atoms with Gasteiger partial charge in [0.15, 0.2) is 0 Å². The van der Waals surface area contributed by atoms with Gasteiger partial charge in [0.05, 0.1) is 12.2 Å². The van der Waals surface area contributed by atoms with Crippen LogP contribution in [-0.2, 0) is 0 Å². The lowest BCUT2D eigenvalue weighted by Gasteiger charge is -2.31. The van der Waals surface area contributed by atoms with Gasteiger partial charge in [0.1, 0.15) is 0 Å². The van der Waals surface area contributed by atoms with Crippen molar-refractivity contribution in [1.82, 2.24) is 5.32 Å². The molecule has 0 amide bonds. The van der Waals surface area contributed by atoms with Gasteiger partial charge < -0.3 is 21.3 Å². The summed E-state index contributed by atoms with van der Waals surface area (Å²) in [5.41, 5.74) is 5.34. The smallest absolute Gasteiger partial charge is 0.0926 e. The molecule has 0 aromatic carbocycles. The summed E-state index contributed by atoms with van der Waals surface area (Å²) in [4.78, 5) is 0. The van der Waals surface area contributed by atoms with Crippen molar-refractivity contribution in [2.45, 2.75) is 12.2 Å². The average Bonchev–Trinajstić information content (AvgIpc) is 1.95. The number of piperidine rings is 1. The maximum absolute atomic E-state index is 9.27. The van der Waals surface area contributed by atoms with Gasteiger partial charge in [-0.3, -0.25) is 0 Å². The number of hydrogen-bond donors (Lipinski definition) is 4. The predicted octanol–water partition coefficient (Wildman–Crippen LogP) is -2.11. The second kappa shape index (κ2) is 3.30. The van der Waals surface area contributed by atoms with E-state index in [-0.39, 0.29) is 5.92 Å². The van der Waals surface area contributed by atoms with Gasteiger partial charge in [-0.05, 0) is 6.54 Å². The Bertz CT molecular complexity index is 110. The van der Waals surface area contributed by atoms with Crippen LogP contribution in [0.1, 0.15) is 0 Å². The van der Waals surface area contributed by atoms with Gasteiger partial charge in [0.2, 0.25) is 0 Å². The van der Waals surface area contributed by atoms with Gasteiger partial charge in [0, 0.05) is 19.0 Å². The molecule has 1 heterocycles. The normalized spacial score (nSPS) is 41.7. The zero-order valence-corrected chi connectivity index (χ0v) is 5.83. The van der Waals surface area contributed by atoms with Gasteiger partial charge in [-0.2, -0.15) is 0 Å². The molecule has 1 rings (SSSR count). The molecule has 1 fully saturated rings. The van der Waals surface area contributed by atoms with Crippen LogP contribution in [-0.4, -0.2) is 42.1 Å². The Morgan fingerprint density at radius 1 is 1.40 bits per heavy atom. The molecule has 5 N–H and O–H groups in total. The molecule has 10 heavy (non-hydrogen) atoms. The fraction of sp³-hybridized carbons (Fsp3) is 1.00. The molecule has 0 bridgehead atoms. The Hall–Kier alpha value is -0.160. The first kappa shape index (κ1) is 7.94. The van der Waals surface area contributed by atoms with Crippen LogP contribution < -0.4 is 11.1 Å². The van der Waals surface area contributed by atoms with Gasteiger partial charge >= 0.3 is 0 Å². The lowest BCUT2D eigenvalue weighted by atomic mass is 9.94. The summed E-state index contributed by atoms with van der Waals surface area (Å²) in [7, 11) is 0. The fourth-order valence-electron chi connectivity index (χ4n) is 1.20. The Morgan fingerprint density at radius 2 is 2.10 bits per heavy atom. The van der Waals surface area contributed by atoms with Crippen molar-refractivity contribution in [3.63, 3.8) is 0 Å². The van der Waals surface area contributed by atoms with Gasteiger partial charge in [0.25, 0.3) is 0 Å². The molecular weight excluding hydrogens is 132 g/mol. The summed E-state index contributed by atoms with van der Waals surface area (Å²) in [6.07, 6.45) is -1.30. The molecule has 0 saturated carbocycles. The van der Waals surface area contributed by atoms with E-state index in [4.69, 9.17) is 10.8 Å². The Labute approximate surface area is 60.0 Å². The van der Waals surface area contributed by atoms with E-state index in [1.54, 1.807) is 0 Å². The van der Waals surface area contributed by atoms with Crippen molar-refractivity contribution in [2.75, 3.05) is 19.6 Å². The number of hydrogen-bond acceptors (Lipinski definition) is 4. The number of nitrogens with two attached hydrogens (primary N) is 1. The first-order chi connectivity index (χ1) is 4.75. The minimum absolute atomic E-state index is 0.00347. The standard InChI is InChI=1S/C6H14N2O2/c7-1-4-2-8-3-5(9)6(4)10/h4-6,8-10H,1-3,7H2/t4-,5+,6-/m0/s1. The molecule has 3 atom stereocenters. The summed E-state index contributed by atoms with van der Waals surface area (Å²) in [5.74, 6) is 0.00347. The molecule has 60 valence electrons. The highest BCUT2D eigenvalue weighted by Crippen LogP contribution is 2.09. The number of β-amino-alcohol motifs (C(OH)–C–C–N with tert-alkyl or cyclic N) is 1. The van der Waals surface area contributed by atoms with Crippen molar-refractivity contribution in [2.24, 2.45) is 11.7 Å². The van der Waals surface area contributed by atoms with Crippen LogP contribution in [0.5, 0.6) is 0 Å². The summed E-state index contributed by atoms with van der Waals surface area (Å²) in [6.45, 7) is 1.59. The molecule has 1 aliphatic rings. The molecule has 4 nitrogen and oxygen atoms in total. The van der Waals surface area contributed by atoms with E-state index in [0.717, 1.165) is 0 Å². The van der Waals surface area contributed by atoms with E-state index < -0.39 is 12.2 Å². The molecule has 0 aromatic heterocycles. The van der Waals surface area contributed by atoms with Crippen LogP contribution in [0.25, 0.3) is 0 Å². The van der Waals surface area contributed by atoms with Gasteiger partial charge in [-0.1, -0.05) is 0 Å². The summed E-state index contributed by atoms with van der Waals surface area (Å²) < 4.78 is 0. The van der Waals surface area contributed by atoms with E-state index in [2.05, 4.69) is 5.32 Å². The van der Waals surface area contributed by atoms with Crippen LogP contribution in [0.2, 0.25) is 0 Å². The minimum Gasteiger partial charge on any atom is -0.390 e. The lowest BCUT2D eigenvalue weighted by Crippen LogP contribution is -2.52. The molecule has 0 spiro atoms. The third kappa shape index (κ3) is 1.46. The quantitative estimate of drug-likeness (QED) is 0.341. The number of nitrogens with one attached hydrogen (secondary N) is 1. The second-order valence-electron chi connectivity index (χ2n) is 2.71. The van der Waals surface area contributed by atoms with Crippen LogP contribution in [0.15, 0.2) is 0 Å². The molecule has 0 radical (unpaired) electrons. The van der Waals surface area contributed by atoms with Crippen LogP contribution in [0, 0.1) is 5.92 Å². The van der Waals surface area contributed by atoms with Gasteiger partial charge in [-0.25, -0.2) is 0 Å². The summed E-state index contributed by atoms with van der Waals surface area (Å²) in [6, 6.07) is 0. The topological polar surface area (TPSA) is 78.5 Å². The second-order valence-corrected chi connectivity index (χ2v) is 2.71. The number of rotatable bonds is 1. The SMILES string of the molecule is NC[C@H]1CNC[C@@H](O)[C@H]1O. The summed E-state index contributed by atoms with van der Waals surface area (Å²) in [5, 5.41) is 21.4. The van der Waals surface area contributed by atoms with E-state index in [0.29, 0.717) is 19.6 Å². The fourth-order valence-corrected chi connectivity index (χ4v) is 1.20. The Balaban J connectivity index is 2.42. The van der Waals surface area contributed by atoms with E-state index in [9.17, 15) is 5.11 Å². The summed E-state index contributed by atoms with van der Waals surface area (Å²) >= 11 is 0. The van der Waals surface area contributed by atoms with Crippen LogP contribution in [0.4, 0.5) is 0 Å². The minimum atomic E-state index is -0.651. The lowest BCUT2D eigenvalue weighted by molar-refractivity contribution is -0.0321. The maximum atomic E-state index is 9.27. The highest BCUT2D eigenvalue weighted by Gasteiger charge is 2.28. The van der Waals surface area contributed by atoms with Crippen molar-refractivity contribution in [1.29, 1.82) is 0 Å². The zero-order chi connectivity index (χ0) is 7.56. The van der Waals surface area contributed by atoms with E-state index in [1.807, 2.05) is 0 Å². The number of aliphatic hydroxyl groups is 2. The van der Waals surface area contributed by atoms with Gasteiger partial charge in [-0.15, -0.1) is 0 Å². The third-order valence-corrected chi connectivity index (χ3v) is 1.94. The molecule has 0 aromatic rings. The third-order valence-electron chi connectivity index (χ3n) is 1.94. The first-order valence-electron chi connectivity index (χ1n) is 3.52. The van der Waals surface area contributed by atoms with Crippen molar-refractivity contribution >= 4 is 0 Å². The number of aliphatic hydroxyl groups excluding tert-OH is 2. The molecule has 0 aliphatic carbocycles. The first-order valence-corrected chi connectivity index (χ1v) is 3.52. The van der Waals surface area contributed by atoms with Crippen LogP contribution >= 0.6 is 0 Å². The van der Waals surface area contributed by atoms with Crippen LogP contribution in [0.3, 0.4) is 0 Å². The van der Waals surface area contributed by atoms with E-state index in [1.165, 1.54) is 0 Å². The monoisotopic (exact) mass is 146 g/mol. The average molecular weight is 146 g/mol. The Kier molecular flexibility index (Phi) is 2.62. The predicted molar refractivity (Wildman–Crippen MR) is 37.4 cm³/mol. The highest BCUT2D eigenvalue weighted by molar-refractivity contribution is 4.84. The largest absolute Gasteiger partial charge is 0.390 e. The van der Waals surface area contributed by atoms with E-state index >= 15 is 0 Å². The molecule has 1 saturated heterocycles. The zero-order valence-electron chi connectivity index (χ0n) is 5.83. The molecule has 0 unspecified atom stereocenters. The maximum Gasteiger partial charge on any atom is 0.0926 e. The van der Waals surface area contributed by atoms with Crippen molar-refractivity contribution < 1.29 is 10.2 Å².